The Bertz CT molecular complexity index is 951. The van der Waals surface area contributed by atoms with Gasteiger partial charge in [-0.3, -0.25) is 9.59 Å². The number of carbonyl (C=O) groups excluding carboxylic acids is 2. The van der Waals surface area contributed by atoms with Crippen molar-refractivity contribution in [1.29, 1.82) is 0 Å². The molecular formula is C18H12N4O3. The summed E-state index contributed by atoms with van der Waals surface area (Å²) in [6.07, 6.45) is 5.94. The summed E-state index contributed by atoms with van der Waals surface area (Å²) in [5, 5.41) is 4.80. The first-order chi connectivity index (χ1) is 12.3. The zero-order valence-corrected chi connectivity index (χ0v) is 12.9. The number of amides is 2. The Labute approximate surface area is 142 Å². The summed E-state index contributed by atoms with van der Waals surface area (Å²) in [6, 6.07) is 12.4. The quantitative estimate of drug-likeness (QED) is 0.688. The summed E-state index contributed by atoms with van der Waals surface area (Å²) in [5.41, 5.74) is 1.19. The molecule has 3 aromatic rings. The van der Waals surface area contributed by atoms with Crippen molar-refractivity contribution in [3.05, 3.63) is 72.4 Å². The average molecular weight is 332 g/mol. The first-order valence-electron chi connectivity index (χ1n) is 7.58. The van der Waals surface area contributed by atoms with E-state index in [2.05, 4.69) is 15.1 Å². The highest BCUT2D eigenvalue weighted by Gasteiger charge is 2.37. The normalized spacial score (nSPS) is 16.4. The smallest absolute Gasteiger partial charge is 0.317 e. The van der Waals surface area contributed by atoms with Gasteiger partial charge in [-0.05, 0) is 17.7 Å². The molecule has 4 rings (SSSR count). The van der Waals surface area contributed by atoms with Gasteiger partial charge in [-0.2, -0.15) is 10.1 Å². The molecule has 2 amide bonds. The SMILES string of the molecule is O=C(c1occc1-c1ncccn1)N1N=CC(c2ccccc2)C1=O. The molecule has 1 aliphatic rings. The van der Waals surface area contributed by atoms with Gasteiger partial charge < -0.3 is 4.42 Å². The molecule has 0 spiro atoms. The highest BCUT2D eigenvalue weighted by atomic mass is 16.3. The zero-order valence-electron chi connectivity index (χ0n) is 12.9. The second-order valence-corrected chi connectivity index (χ2v) is 5.34. The van der Waals surface area contributed by atoms with Crippen LogP contribution in [-0.2, 0) is 4.79 Å². The molecule has 122 valence electrons. The largest absolute Gasteiger partial charge is 0.458 e. The van der Waals surface area contributed by atoms with E-state index in [0.717, 1.165) is 10.6 Å². The Morgan fingerprint density at radius 1 is 1.04 bits per heavy atom. The van der Waals surface area contributed by atoms with Gasteiger partial charge in [-0.25, -0.2) is 9.97 Å². The van der Waals surface area contributed by atoms with Crippen LogP contribution in [-0.4, -0.2) is 33.0 Å². The van der Waals surface area contributed by atoms with Gasteiger partial charge in [0.05, 0.1) is 11.8 Å². The number of rotatable bonds is 3. The van der Waals surface area contributed by atoms with Gasteiger partial charge in [0.2, 0.25) is 5.76 Å². The van der Waals surface area contributed by atoms with E-state index in [1.54, 1.807) is 24.5 Å². The van der Waals surface area contributed by atoms with Crippen LogP contribution in [0.1, 0.15) is 22.0 Å². The highest BCUT2D eigenvalue weighted by Crippen LogP contribution is 2.27. The van der Waals surface area contributed by atoms with Crippen molar-refractivity contribution < 1.29 is 14.0 Å². The Balaban J connectivity index is 1.63. The van der Waals surface area contributed by atoms with Crippen LogP contribution < -0.4 is 0 Å². The third-order valence-corrected chi connectivity index (χ3v) is 3.82. The summed E-state index contributed by atoms with van der Waals surface area (Å²) in [5.74, 6) is -1.34. The lowest BCUT2D eigenvalue weighted by Crippen LogP contribution is -2.31. The molecule has 1 atom stereocenters. The topological polar surface area (TPSA) is 88.7 Å². The fourth-order valence-electron chi connectivity index (χ4n) is 2.61. The third-order valence-electron chi connectivity index (χ3n) is 3.82. The number of hydrogen-bond donors (Lipinski definition) is 0. The van der Waals surface area contributed by atoms with Crippen LogP contribution in [0.3, 0.4) is 0 Å². The molecule has 3 heterocycles. The van der Waals surface area contributed by atoms with Gasteiger partial charge in [-0.1, -0.05) is 30.3 Å². The van der Waals surface area contributed by atoms with E-state index < -0.39 is 17.7 Å². The molecule has 2 aromatic heterocycles. The molecule has 0 bridgehead atoms. The summed E-state index contributed by atoms with van der Waals surface area (Å²) in [6.45, 7) is 0. The van der Waals surface area contributed by atoms with E-state index in [-0.39, 0.29) is 5.76 Å². The standard InChI is InChI=1S/C18H12N4O3/c23-17-14(12-5-2-1-3-6-12)11-21-22(17)18(24)15-13(7-10-25-15)16-19-8-4-9-20-16/h1-11,14H. The van der Waals surface area contributed by atoms with Crippen LogP contribution in [0.15, 0.2) is 70.6 Å². The van der Waals surface area contributed by atoms with Crippen LogP contribution in [0.4, 0.5) is 0 Å². The van der Waals surface area contributed by atoms with Gasteiger partial charge in [0.1, 0.15) is 5.92 Å². The van der Waals surface area contributed by atoms with Crippen LogP contribution in [0.2, 0.25) is 0 Å². The molecular weight excluding hydrogens is 320 g/mol. The monoisotopic (exact) mass is 332 g/mol. The Morgan fingerprint density at radius 2 is 1.80 bits per heavy atom. The van der Waals surface area contributed by atoms with Crippen LogP contribution in [0.5, 0.6) is 0 Å². The lowest BCUT2D eigenvalue weighted by atomic mass is 10.0. The number of benzene rings is 1. The number of nitrogens with zero attached hydrogens (tertiary/aromatic N) is 4. The fraction of sp³-hybridized carbons (Fsp3) is 0.0556. The van der Waals surface area contributed by atoms with Gasteiger partial charge in [-0.15, -0.1) is 0 Å². The predicted molar refractivity (Wildman–Crippen MR) is 88.6 cm³/mol. The van der Waals surface area contributed by atoms with Crippen LogP contribution in [0, 0.1) is 0 Å². The van der Waals surface area contributed by atoms with Crippen LogP contribution in [0.25, 0.3) is 11.4 Å². The first-order valence-corrected chi connectivity index (χ1v) is 7.58. The second-order valence-electron chi connectivity index (χ2n) is 5.34. The molecule has 25 heavy (non-hydrogen) atoms. The van der Waals surface area contributed by atoms with Crippen molar-refractivity contribution in [2.75, 3.05) is 0 Å². The number of hydrazone groups is 1. The minimum atomic E-state index is -0.646. The first kappa shape index (κ1) is 14.9. The summed E-state index contributed by atoms with van der Waals surface area (Å²) in [4.78, 5) is 33.5. The molecule has 1 aromatic carbocycles. The van der Waals surface area contributed by atoms with Crippen molar-refractivity contribution in [2.24, 2.45) is 5.10 Å². The molecule has 1 aliphatic heterocycles. The number of hydrogen-bond acceptors (Lipinski definition) is 6. The maximum atomic E-state index is 12.7. The number of furan rings is 1. The number of aromatic nitrogens is 2. The molecule has 0 saturated carbocycles. The highest BCUT2D eigenvalue weighted by molar-refractivity contribution is 6.14. The van der Waals surface area contributed by atoms with Gasteiger partial charge in [0, 0.05) is 18.6 Å². The molecule has 0 aliphatic carbocycles. The lowest BCUT2D eigenvalue weighted by Gasteiger charge is -2.12. The van der Waals surface area contributed by atoms with E-state index in [1.165, 1.54) is 12.5 Å². The van der Waals surface area contributed by atoms with E-state index >= 15 is 0 Å². The molecule has 1 unspecified atom stereocenters. The van der Waals surface area contributed by atoms with E-state index in [0.29, 0.717) is 11.4 Å². The second kappa shape index (κ2) is 6.12. The van der Waals surface area contributed by atoms with Crippen molar-refractivity contribution in [2.45, 2.75) is 5.92 Å². The van der Waals surface area contributed by atoms with Crippen molar-refractivity contribution in [3.8, 4) is 11.4 Å². The zero-order chi connectivity index (χ0) is 17.2. The summed E-state index contributed by atoms with van der Waals surface area (Å²) in [7, 11) is 0. The minimum Gasteiger partial charge on any atom is -0.458 e. The molecule has 0 radical (unpaired) electrons. The lowest BCUT2D eigenvalue weighted by molar-refractivity contribution is -0.127. The molecule has 7 nitrogen and oxygen atoms in total. The van der Waals surface area contributed by atoms with Crippen molar-refractivity contribution in [3.63, 3.8) is 0 Å². The molecule has 0 N–H and O–H groups in total. The average Bonchev–Trinajstić information content (AvgIpc) is 3.29. The number of imide groups is 1. The van der Waals surface area contributed by atoms with E-state index in [1.807, 2.05) is 30.3 Å². The van der Waals surface area contributed by atoms with Crippen molar-refractivity contribution in [1.82, 2.24) is 15.0 Å². The molecule has 0 fully saturated rings. The van der Waals surface area contributed by atoms with Crippen LogP contribution >= 0.6 is 0 Å². The van der Waals surface area contributed by atoms with E-state index in [4.69, 9.17) is 4.42 Å². The van der Waals surface area contributed by atoms with Gasteiger partial charge in [0.15, 0.2) is 5.82 Å². The Kier molecular flexibility index (Phi) is 3.66. The minimum absolute atomic E-state index is 0.0228. The van der Waals surface area contributed by atoms with E-state index in [9.17, 15) is 9.59 Å². The fourth-order valence-corrected chi connectivity index (χ4v) is 2.61. The predicted octanol–water partition coefficient (Wildman–Crippen LogP) is 2.49. The van der Waals surface area contributed by atoms with Gasteiger partial charge in [0.25, 0.3) is 5.91 Å². The van der Waals surface area contributed by atoms with Gasteiger partial charge >= 0.3 is 5.91 Å². The Hall–Kier alpha value is -3.61. The van der Waals surface area contributed by atoms with Crippen molar-refractivity contribution >= 4 is 18.0 Å². The maximum Gasteiger partial charge on any atom is 0.317 e. The third kappa shape index (κ3) is 2.61. The maximum absolute atomic E-state index is 12.7. The Morgan fingerprint density at radius 3 is 2.56 bits per heavy atom. The molecule has 0 saturated heterocycles. The number of carbonyl (C=O) groups is 2. The summed E-state index contributed by atoms with van der Waals surface area (Å²) < 4.78 is 5.29. The molecule has 7 heteroatoms. The summed E-state index contributed by atoms with van der Waals surface area (Å²) >= 11 is 0.